The fraction of sp³-hybridized carbons (Fsp3) is 0.250. The standard InChI is InChI=1S/C16H19O2P/c1-13(2)18-19(3,17)16-11-9-15(10-12-16)14-7-5-4-6-8-14/h4-13H,1-3H3/t19-/m0/s1. The summed E-state index contributed by atoms with van der Waals surface area (Å²) in [5, 5.41) is 0.765. The molecule has 2 nitrogen and oxygen atoms in total. The molecule has 19 heavy (non-hydrogen) atoms. The second-order valence-corrected chi connectivity index (χ2v) is 7.33. The normalized spacial score (nSPS) is 14.3. The van der Waals surface area contributed by atoms with Gasteiger partial charge >= 0.3 is 0 Å². The van der Waals surface area contributed by atoms with Crippen LogP contribution in [-0.4, -0.2) is 12.8 Å². The van der Waals surface area contributed by atoms with Crippen LogP contribution in [0.3, 0.4) is 0 Å². The Labute approximate surface area is 114 Å². The monoisotopic (exact) mass is 274 g/mol. The lowest BCUT2D eigenvalue weighted by molar-refractivity contribution is 0.251. The Kier molecular flexibility index (Phi) is 4.24. The van der Waals surface area contributed by atoms with Gasteiger partial charge in [0.2, 0.25) is 7.37 Å². The molecule has 0 aliphatic rings. The third-order valence-corrected chi connectivity index (χ3v) is 4.92. The summed E-state index contributed by atoms with van der Waals surface area (Å²) in [5.74, 6) is 0. The molecule has 100 valence electrons. The molecule has 0 aliphatic heterocycles. The minimum Gasteiger partial charge on any atom is -0.323 e. The summed E-state index contributed by atoms with van der Waals surface area (Å²) in [5.41, 5.74) is 2.28. The van der Waals surface area contributed by atoms with E-state index in [1.54, 1.807) is 6.66 Å². The van der Waals surface area contributed by atoms with E-state index in [2.05, 4.69) is 12.1 Å². The summed E-state index contributed by atoms with van der Waals surface area (Å²) >= 11 is 0. The molecule has 0 radical (unpaired) electrons. The minimum absolute atomic E-state index is 0.0374. The topological polar surface area (TPSA) is 26.3 Å². The van der Waals surface area contributed by atoms with E-state index < -0.39 is 7.37 Å². The Balaban J connectivity index is 2.26. The van der Waals surface area contributed by atoms with E-state index >= 15 is 0 Å². The van der Waals surface area contributed by atoms with Crippen molar-refractivity contribution in [1.82, 2.24) is 0 Å². The minimum atomic E-state index is -2.71. The molecule has 0 saturated heterocycles. The van der Waals surface area contributed by atoms with Gasteiger partial charge in [-0.15, -0.1) is 0 Å². The van der Waals surface area contributed by atoms with Crippen molar-refractivity contribution in [2.24, 2.45) is 0 Å². The predicted octanol–water partition coefficient (Wildman–Crippen LogP) is 4.31. The molecular formula is C16H19O2P. The number of hydrogen-bond donors (Lipinski definition) is 0. The van der Waals surface area contributed by atoms with Crippen molar-refractivity contribution in [3.63, 3.8) is 0 Å². The maximum atomic E-state index is 12.5. The van der Waals surface area contributed by atoms with Crippen LogP contribution in [0, 0.1) is 0 Å². The van der Waals surface area contributed by atoms with Gasteiger partial charge in [-0.2, -0.15) is 0 Å². The van der Waals surface area contributed by atoms with E-state index in [1.807, 2.05) is 56.3 Å². The summed E-state index contributed by atoms with van der Waals surface area (Å²) < 4.78 is 18.0. The molecule has 0 heterocycles. The van der Waals surface area contributed by atoms with Gasteiger partial charge in [-0.05, 0) is 37.1 Å². The van der Waals surface area contributed by atoms with E-state index in [-0.39, 0.29) is 6.10 Å². The van der Waals surface area contributed by atoms with Crippen molar-refractivity contribution in [2.75, 3.05) is 6.66 Å². The van der Waals surface area contributed by atoms with Crippen molar-refractivity contribution >= 4 is 12.7 Å². The van der Waals surface area contributed by atoms with Crippen LogP contribution in [0.2, 0.25) is 0 Å². The lowest BCUT2D eigenvalue weighted by Crippen LogP contribution is -2.10. The highest BCUT2D eigenvalue weighted by Crippen LogP contribution is 2.42. The van der Waals surface area contributed by atoms with Crippen LogP contribution in [-0.2, 0) is 9.09 Å². The van der Waals surface area contributed by atoms with E-state index in [0.717, 1.165) is 16.4 Å². The van der Waals surface area contributed by atoms with Crippen molar-refractivity contribution in [3.8, 4) is 11.1 Å². The van der Waals surface area contributed by atoms with Crippen LogP contribution in [0.25, 0.3) is 11.1 Å². The maximum absolute atomic E-state index is 12.5. The van der Waals surface area contributed by atoms with Crippen molar-refractivity contribution < 1.29 is 9.09 Å². The molecule has 3 heteroatoms. The van der Waals surface area contributed by atoms with Crippen LogP contribution in [0.5, 0.6) is 0 Å². The third-order valence-electron chi connectivity index (χ3n) is 2.86. The van der Waals surface area contributed by atoms with Crippen LogP contribution in [0.1, 0.15) is 13.8 Å². The molecule has 0 fully saturated rings. The van der Waals surface area contributed by atoms with Crippen molar-refractivity contribution in [3.05, 3.63) is 54.6 Å². The lowest BCUT2D eigenvalue weighted by Gasteiger charge is -2.17. The SMILES string of the molecule is CC(C)O[P@](C)(=O)c1ccc(-c2ccccc2)cc1. The van der Waals surface area contributed by atoms with Crippen LogP contribution < -0.4 is 5.30 Å². The summed E-state index contributed by atoms with van der Waals surface area (Å²) in [6.45, 7) is 5.47. The fourth-order valence-corrected chi connectivity index (χ4v) is 3.64. The highest BCUT2D eigenvalue weighted by molar-refractivity contribution is 7.66. The van der Waals surface area contributed by atoms with Crippen molar-refractivity contribution in [2.45, 2.75) is 20.0 Å². The smallest absolute Gasteiger partial charge is 0.229 e. The number of rotatable bonds is 4. The molecule has 0 N–H and O–H groups in total. The summed E-state index contributed by atoms with van der Waals surface area (Å²) in [6, 6.07) is 17.9. The Morgan fingerprint density at radius 2 is 1.42 bits per heavy atom. The maximum Gasteiger partial charge on any atom is 0.229 e. The zero-order valence-electron chi connectivity index (χ0n) is 11.5. The van der Waals surface area contributed by atoms with Gasteiger partial charge in [-0.25, -0.2) is 0 Å². The highest BCUT2D eigenvalue weighted by Gasteiger charge is 2.20. The molecular weight excluding hydrogens is 255 g/mol. The van der Waals surface area contributed by atoms with Crippen LogP contribution in [0.4, 0.5) is 0 Å². The molecule has 0 bridgehead atoms. The first-order chi connectivity index (χ1) is 8.99. The largest absolute Gasteiger partial charge is 0.323 e. The Hall–Kier alpha value is -1.37. The van der Waals surface area contributed by atoms with E-state index in [1.165, 1.54) is 0 Å². The molecule has 0 aliphatic carbocycles. The Morgan fingerprint density at radius 1 is 0.895 bits per heavy atom. The van der Waals surface area contributed by atoms with Gasteiger partial charge in [-0.1, -0.05) is 42.5 Å². The number of hydrogen-bond acceptors (Lipinski definition) is 2. The molecule has 2 aromatic carbocycles. The number of benzene rings is 2. The second kappa shape index (κ2) is 5.73. The van der Waals surface area contributed by atoms with Gasteiger partial charge in [0.15, 0.2) is 0 Å². The summed E-state index contributed by atoms with van der Waals surface area (Å²) in [4.78, 5) is 0. The molecule has 0 unspecified atom stereocenters. The Morgan fingerprint density at radius 3 is 1.95 bits per heavy atom. The molecule has 0 amide bonds. The van der Waals surface area contributed by atoms with Crippen LogP contribution in [0.15, 0.2) is 54.6 Å². The second-order valence-electron chi connectivity index (χ2n) is 4.91. The molecule has 2 aromatic rings. The molecule has 0 spiro atoms. The average Bonchev–Trinajstić information content (AvgIpc) is 2.38. The first-order valence-corrected chi connectivity index (χ1v) is 8.48. The van der Waals surface area contributed by atoms with Gasteiger partial charge in [0.1, 0.15) is 0 Å². The lowest BCUT2D eigenvalue weighted by atomic mass is 10.1. The quantitative estimate of drug-likeness (QED) is 0.776. The van der Waals surface area contributed by atoms with Crippen molar-refractivity contribution in [1.29, 1.82) is 0 Å². The van der Waals surface area contributed by atoms with Gasteiger partial charge < -0.3 is 4.52 Å². The van der Waals surface area contributed by atoms with E-state index in [4.69, 9.17) is 4.52 Å². The summed E-state index contributed by atoms with van der Waals surface area (Å²) in [6.07, 6.45) is -0.0374. The highest BCUT2D eigenvalue weighted by atomic mass is 31.2. The zero-order chi connectivity index (χ0) is 13.9. The molecule has 0 aromatic heterocycles. The third kappa shape index (κ3) is 3.56. The van der Waals surface area contributed by atoms with E-state index in [0.29, 0.717) is 0 Å². The van der Waals surface area contributed by atoms with Gasteiger partial charge in [0, 0.05) is 12.0 Å². The van der Waals surface area contributed by atoms with Gasteiger partial charge in [0.05, 0.1) is 6.10 Å². The van der Waals surface area contributed by atoms with Gasteiger partial charge in [0.25, 0.3) is 0 Å². The molecule has 0 saturated carbocycles. The Bertz CT molecular complexity index is 573. The van der Waals surface area contributed by atoms with Crippen LogP contribution >= 0.6 is 7.37 Å². The van der Waals surface area contributed by atoms with E-state index in [9.17, 15) is 4.57 Å². The first kappa shape index (κ1) is 14.0. The fourth-order valence-electron chi connectivity index (χ4n) is 2.02. The molecule has 1 atom stereocenters. The average molecular weight is 274 g/mol. The predicted molar refractivity (Wildman–Crippen MR) is 81.3 cm³/mol. The summed E-state index contributed by atoms with van der Waals surface area (Å²) in [7, 11) is -2.71. The van der Waals surface area contributed by atoms with Gasteiger partial charge in [-0.3, -0.25) is 4.57 Å². The first-order valence-electron chi connectivity index (χ1n) is 6.41. The molecule has 2 rings (SSSR count). The zero-order valence-corrected chi connectivity index (χ0v) is 12.4.